The van der Waals surface area contributed by atoms with E-state index in [2.05, 4.69) is 12.1 Å². The van der Waals surface area contributed by atoms with Gasteiger partial charge in [-0.15, -0.1) is 12.4 Å². The zero-order valence-electron chi connectivity index (χ0n) is 9.35. The van der Waals surface area contributed by atoms with Gasteiger partial charge in [0.25, 0.3) is 0 Å². The third kappa shape index (κ3) is 2.74. The van der Waals surface area contributed by atoms with Crippen molar-refractivity contribution in [2.45, 2.75) is 32.5 Å². The fourth-order valence-corrected chi connectivity index (χ4v) is 1.91. The Morgan fingerprint density at radius 1 is 1.38 bits per heavy atom. The van der Waals surface area contributed by atoms with Crippen molar-refractivity contribution in [2.24, 2.45) is 5.73 Å². The highest BCUT2D eigenvalue weighted by Crippen LogP contribution is 2.22. The number of hydrogen-bond acceptors (Lipinski definition) is 2. The topological polar surface area (TPSA) is 46.3 Å². The van der Waals surface area contributed by atoms with Crippen LogP contribution in [0.4, 0.5) is 0 Å². The van der Waals surface area contributed by atoms with Gasteiger partial charge in [-0.1, -0.05) is 24.3 Å². The van der Waals surface area contributed by atoms with E-state index in [9.17, 15) is 4.79 Å². The summed E-state index contributed by atoms with van der Waals surface area (Å²) in [7, 11) is 0. The molecule has 0 aliphatic carbocycles. The molecule has 16 heavy (non-hydrogen) atoms. The van der Waals surface area contributed by atoms with E-state index in [0.717, 1.165) is 13.1 Å². The lowest BCUT2D eigenvalue weighted by molar-refractivity contribution is -0.132. The first kappa shape index (κ1) is 13.0. The van der Waals surface area contributed by atoms with Crippen LogP contribution in [0.3, 0.4) is 0 Å². The fraction of sp³-hybridized carbons (Fsp3) is 0.417. The monoisotopic (exact) mass is 240 g/mol. The van der Waals surface area contributed by atoms with Crippen molar-refractivity contribution in [3.8, 4) is 0 Å². The van der Waals surface area contributed by atoms with E-state index in [1.807, 2.05) is 24.0 Å². The summed E-state index contributed by atoms with van der Waals surface area (Å²) in [6.45, 7) is 3.34. The molecule has 1 unspecified atom stereocenters. The molecule has 2 rings (SSSR count). The number of rotatable bonds is 2. The molecule has 3 nitrogen and oxygen atoms in total. The first-order valence-corrected chi connectivity index (χ1v) is 5.27. The number of carbonyl (C=O) groups excluding carboxylic acids is 1. The molecule has 1 aromatic carbocycles. The minimum atomic E-state index is -0.0544. The van der Waals surface area contributed by atoms with Gasteiger partial charge in [0.15, 0.2) is 0 Å². The highest BCUT2D eigenvalue weighted by molar-refractivity contribution is 5.85. The normalized spacial score (nSPS) is 15.2. The van der Waals surface area contributed by atoms with Crippen molar-refractivity contribution in [1.29, 1.82) is 0 Å². The smallest absolute Gasteiger partial charge is 0.224 e. The van der Waals surface area contributed by atoms with E-state index < -0.39 is 0 Å². The summed E-state index contributed by atoms with van der Waals surface area (Å²) < 4.78 is 0. The van der Waals surface area contributed by atoms with Crippen molar-refractivity contribution in [1.82, 2.24) is 4.90 Å². The molecule has 0 saturated carbocycles. The number of hydrogen-bond donors (Lipinski definition) is 1. The standard InChI is InChI=1S/C12H16N2O.ClH/c1-9(13)6-12(15)14-7-10-4-2-3-5-11(10)8-14;/h2-5,9H,6-8,13H2,1H3;1H. The third-order valence-electron chi connectivity index (χ3n) is 2.69. The Hall–Kier alpha value is -1.06. The van der Waals surface area contributed by atoms with Crippen molar-refractivity contribution in [3.05, 3.63) is 35.4 Å². The Balaban J connectivity index is 0.00000128. The number of fused-ring (bicyclic) bond motifs is 1. The van der Waals surface area contributed by atoms with E-state index in [0.29, 0.717) is 6.42 Å². The van der Waals surface area contributed by atoms with Crippen molar-refractivity contribution < 1.29 is 4.79 Å². The van der Waals surface area contributed by atoms with E-state index in [4.69, 9.17) is 5.73 Å². The number of nitrogens with two attached hydrogens (primary N) is 1. The minimum Gasteiger partial charge on any atom is -0.334 e. The molecule has 1 amide bonds. The van der Waals surface area contributed by atoms with E-state index >= 15 is 0 Å². The Morgan fingerprint density at radius 3 is 2.31 bits per heavy atom. The van der Waals surface area contributed by atoms with Crippen LogP contribution in [0.25, 0.3) is 0 Å². The second kappa shape index (κ2) is 5.32. The summed E-state index contributed by atoms with van der Waals surface area (Å²) in [4.78, 5) is 13.6. The molecule has 0 saturated heterocycles. The molecule has 4 heteroatoms. The molecule has 2 N–H and O–H groups in total. The zero-order chi connectivity index (χ0) is 10.8. The lowest BCUT2D eigenvalue weighted by Crippen LogP contribution is -2.30. The highest BCUT2D eigenvalue weighted by Gasteiger charge is 2.22. The molecule has 0 spiro atoms. The molecule has 0 fully saturated rings. The van der Waals surface area contributed by atoms with Crippen LogP contribution in [0.2, 0.25) is 0 Å². The maximum absolute atomic E-state index is 11.8. The lowest BCUT2D eigenvalue weighted by Gasteiger charge is -2.16. The molecule has 1 aliphatic heterocycles. The van der Waals surface area contributed by atoms with Crippen LogP contribution in [-0.2, 0) is 17.9 Å². The van der Waals surface area contributed by atoms with E-state index in [1.165, 1.54) is 11.1 Å². The van der Waals surface area contributed by atoms with Gasteiger partial charge in [0.05, 0.1) is 0 Å². The van der Waals surface area contributed by atoms with E-state index in [1.54, 1.807) is 0 Å². The largest absolute Gasteiger partial charge is 0.334 e. The van der Waals surface area contributed by atoms with Gasteiger partial charge in [-0.2, -0.15) is 0 Å². The van der Waals surface area contributed by atoms with Crippen LogP contribution in [0.5, 0.6) is 0 Å². The van der Waals surface area contributed by atoms with Gasteiger partial charge in [-0.25, -0.2) is 0 Å². The maximum Gasteiger partial charge on any atom is 0.224 e. The van der Waals surface area contributed by atoms with Gasteiger partial charge >= 0.3 is 0 Å². The Bertz CT molecular complexity index is 354. The second-order valence-corrected chi connectivity index (χ2v) is 4.20. The first-order chi connectivity index (χ1) is 7.16. The summed E-state index contributed by atoms with van der Waals surface area (Å²) in [5.74, 6) is 0.154. The molecular weight excluding hydrogens is 224 g/mol. The van der Waals surface area contributed by atoms with Crippen LogP contribution in [0, 0.1) is 0 Å². The molecule has 1 aromatic rings. The van der Waals surface area contributed by atoms with Crippen LogP contribution < -0.4 is 5.73 Å². The molecular formula is C12H17ClN2O. The van der Waals surface area contributed by atoms with Gasteiger partial charge in [-0.3, -0.25) is 4.79 Å². The van der Waals surface area contributed by atoms with Crippen LogP contribution in [0.1, 0.15) is 24.5 Å². The Kier molecular flexibility index (Phi) is 4.33. The molecule has 0 aromatic heterocycles. The molecule has 1 atom stereocenters. The maximum atomic E-state index is 11.8. The summed E-state index contributed by atoms with van der Waals surface area (Å²) in [6, 6.07) is 8.13. The van der Waals surface area contributed by atoms with Crippen LogP contribution >= 0.6 is 12.4 Å². The van der Waals surface area contributed by atoms with Gasteiger partial charge in [0, 0.05) is 25.6 Å². The summed E-state index contributed by atoms with van der Waals surface area (Å²) in [5.41, 5.74) is 8.14. The van der Waals surface area contributed by atoms with Crippen molar-refractivity contribution >= 4 is 18.3 Å². The van der Waals surface area contributed by atoms with Crippen LogP contribution in [0.15, 0.2) is 24.3 Å². The molecule has 0 bridgehead atoms. The number of amides is 1. The Morgan fingerprint density at radius 2 is 1.88 bits per heavy atom. The fourth-order valence-electron chi connectivity index (χ4n) is 1.91. The zero-order valence-corrected chi connectivity index (χ0v) is 10.2. The predicted molar refractivity (Wildman–Crippen MR) is 66.2 cm³/mol. The number of nitrogens with zero attached hydrogens (tertiary/aromatic N) is 1. The molecule has 88 valence electrons. The number of carbonyl (C=O) groups is 1. The van der Waals surface area contributed by atoms with E-state index in [-0.39, 0.29) is 24.4 Å². The van der Waals surface area contributed by atoms with Gasteiger partial charge in [0.2, 0.25) is 5.91 Å². The molecule has 1 aliphatic rings. The molecule has 1 heterocycles. The summed E-state index contributed by atoms with van der Waals surface area (Å²) in [6.07, 6.45) is 0.438. The average molecular weight is 241 g/mol. The Labute approximate surface area is 102 Å². The quantitative estimate of drug-likeness (QED) is 0.855. The highest BCUT2D eigenvalue weighted by atomic mass is 35.5. The van der Waals surface area contributed by atoms with Gasteiger partial charge < -0.3 is 10.6 Å². The lowest BCUT2D eigenvalue weighted by atomic mass is 10.1. The summed E-state index contributed by atoms with van der Waals surface area (Å²) >= 11 is 0. The number of halogens is 1. The van der Waals surface area contributed by atoms with Gasteiger partial charge in [0.1, 0.15) is 0 Å². The number of benzene rings is 1. The van der Waals surface area contributed by atoms with Crippen LogP contribution in [-0.4, -0.2) is 16.8 Å². The average Bonchev–Trinajstić information content (AvgIpc) is 2.59. The predicted octanol–water partition coefficient (Wildman–Crippen LogP) is 1.69. The van der Waals surface area contributed by atoms with Gasteiger partial charge in [-0.05, 0) is 18.1 Å². The summed E-state index contributed by atoms with van der Waals surface area (Å²) in [5, 5.41) is 0. The molecule has 0 radical (unpaired) electrons. The second-order valence-electron chi connectivity index (χ2n) is 4.20. The van der Waals surface area contributed by atoms with Crippen molar-refractivity contribution in [2.75, 3.05) is 0 Å². The van der Waals surface area contributed by atoms with Crippen molar-refractivity contribution in [3.63, 3.8) is 0 Å². The SMILES string of the molecule is CC(N)CC(=O)N1Cc2ccccc2C1.Cl. The minimum absolute atomic E-state index is 0. The first-order valence-electron chi connectivity index (χ1n) is 5.27. The third-order valence-corrected chi connectivity index (χ3v) is 2.69.